The molecule has 2 heterocycles. The number of H-pyrrole nitrogens is 1. The van der Waals surface area contributed by atoms with Crippen LogP contribution in [0.15, 0.2) is 18.2 Å². The molecular formula is C15H16N6O3S. The van der Waals surface area contributed by atoms with Gasteiger partial charge >= 0.3 is 0 Å². The van der Waals surface area contributed by atoms with Crippen molar-refractivity contribution in [3.8, 4) is 0 Å². The van der Waals surface area contributed by atoms with E-state index in [9.17, 15) is 14.9 Å². The Labute approximate surface area is 146 Å². The number of carbonyl (C=O) groups is 1. The molecule has 9 nitrogen and oxygen atoms in total. The number of nitro benzene ring substituents is 1. The molecule has 0 saturated carbocycles. The summed E-state index contributed by atoms with van der Waals surface area (Å²) < 4.78 is 0. The molecule has 130 valence electrons. The number of carbonyl (C=O) groups excluding carboxylic acids is 1. The van der Waals surface area contributed by atoms with Crippen molar-refractivity contribution in [3.63, 3.8) is 0 Å². The Kier molecular flexibility index (Phi) is 4.98. The van der Waals surface area contributed by atoms with Gasteiger partial charge in [-0.1, -0.05) is 31.1 Å². The molecule has 25 heavy (non-hydrogen) atoms. The standard InChI is InChI=1S/C15H16N6O3S/c1-2-3-4-5-12-18-20-15(25-12)16-14(22)13-10-8-9(21(23)24)6-7-11(10)17-19-13/h6-8H,2-5H2,1H3,(H,17,19)(H,16,20,22). The number of hydrogen-bond donors (Lipinski definition) is 2. The maximum Gasteiger partial charge on any atom is 0.278 e. The number of fused-ring (bicyclic) bond motifs is 1. The number of non-ortho nitro benzene ring substituents is 1. The largest absolute Gasteiger partial charge is 0.295 e. The van der Waals surface area contributed by atoms with Crippen LogP contribution in [-0.2, 0) is 6.42 Å². The second-order valence-electron chi connectivity index (χ2n) is 5.47. The highest BCUT2D eigenvalue weighted by Gasteiger charge is 2.18. The number of nitrogens with one attached hydrogen (secondary N) is 2. The summed E-state index contributed by atoms with van der Waals surface area (Å²) in [6, 6.07) is 4.20. The van der Waals surface area contributed by atoms with Crippen LogP contribution in [0.25, 0.3) is 10.9 Å². The molecule has 10 heteroatoms. The predicted molar refractivity (Wildman–Crippen MR) is 93.8 cm³/mol. The van der Waals surface area contributed by atoms with Crippen molar-refractivity contribution in [2.75, 3.05) is 5.32 Å². The Morgan fingerprint density at radius 2 is 2.20 bits per heavy atom. The van der Waals surface area contributed by atoms with Crippen molar-refractivity contribution in [2.24, 2.45) is 0 Å². The zero-order chi connectivity index (χ0) is 17.8. The third kappa shape index (κ3) is 3.79. The summed E-state index contributed by atoms with van der Waals surface area (Å²) in [4.78, 5) is 22.8. The number of hydrogen-bond acceptors (Lipinski definition) is 7. The maximum atomic E-state index is 12.4. The lowest BCUT2D eigenvalue weighted by Gasteiger charge is -1.98. The minimum absolute atomic E-state index is 0.0847. The van der Waals surface area contributed by atoms with Crippen molar-refractivity contribution in [2.45, 2.75) is 32.6 Å². The molecule has 0 fully saturated rings. The van der Waals surface area contributed by atoms with Gasteiger partial charge in [0.2, 0.25) is 5.13 Å². The van der Waals surface area contributed by atoms with Gasteiger partial charge in [0.25, 0.3) is 11.6 Å². The van der Waals surface area contributed by atoms with Crippen LogP contribution in [-0.4, -0.2) is 31.2 Å². The molecule has 0 spiro atoms. The number of nitrogens with zero attached hydrogens (tertiary/aromatic N) is 4. The molecule has 0 aliphatic carbocycles. The van der Waals surface area contributed by atoms with Crippen molar-refractivity contribution < 1.29 is 9.72 Å². The third-order valence-corrected chi connectivity index (χ3v) is 4.55. The number of unbranched alkanes of at least 4 members (excludes halogenated alkanes) is 2. The van der Waals surface area contributed by atoms with Crippen LogP contribution in [0.5, 0.6) is 0 Å². The Morgan fingerprint density at radius 1 is 1.36 bits per heavy atom. The molecule has 1 amide bonds. The molecule has 0 bridgehead atoms. The minimum Gasteiger partial charge on any atom is -0.295 e. The molecule has 3 rings (SSSR count). The number of amides is 1. The number of rotatable bonds is 7. The van der Waals surface area contributed by atoms with Crippen molar-refractivity contribution in [1.29, 1.82) is 0 Å². The second kappa shape index (κ2) is 7.34. The lowest BCUT2D eigenvalue weighted by atomic mass is 10.2. The van der Waals surface area contributed by atoms with Crippen LogP contribution < -0.4 is 5.32 Å². The summed E-state index contributed by atoms with van der Waals surface area (Å²) in [5.41, 5.74) is 0.534. The molecule has 0 saturated heterocycles. The number of aromatic amines is 1. The number of aromatic nitrogens is 4. The summed E-state index contributed by atoms with van der Waals surface area (Å²) >= 11 is 1.32. The first-order valence-corrected chi connectivity index (χ1v) is 8.66. The van der Waals surface area contributed by atoms with Gasteiger partial charge in [0, 0.05) is 23.9 Å². The molecule has 0 atom stereocenters. The van der Waals surface area contributed by atoms with Gasteiger partial charge in [-0.15, -0.1) is 10.2 Å². The molecule has 0 radical (unpaired) electrons. The Balaban J connectivity index is 1.76. The van der Waals surface area contributed by atoms with Crippen molar-refractivity contribution in [3.05, 3.63) is 39.0 Å². The fraction of sp³-hybridized carbons (Fsp3) is 0.333. The van der Waals surface area contributed by atoms with Gasteiger partial charge in [0.15, 0.2) is 5.69 Å². The average molecular weight is 360 g/mol. The van der Waals surface area contributed by atoms with Gasteiger partial charge in [-0.3, -0.25) is 25.3 Å². The monoisotopic (exact) mass is 360 g/mol. The average Bonchev–Trinajstić information content (AvgIpc) is 3.21. The number of nitro groups is 1. The highest BCUT2D eigenvalue weighted by atomic mass is 32.1. The first-order chi connectivity index (χ1) is 12.1. The van der Waals surface area contributed by atoms with E-state index < -0.39 is 10.8 Å². The first kappa shape index (κ1) is 17.0. The normalized spacial score (nSPS) is 10.9. The summed E-state index contributed by atoms with van der Waals surface area (Å²) in [5, 5.41) is 29.9. The highest BCUT2D eigenvalue weighted by Crippen LogP contribution is 2.24. The summed E-state index contributed by atoms with van der Waals surface area (Å²) in [6.45, 7) is 2.13. The molecule has 0 unspecified atom stereocenters. The van der Waals surface area contributed by atoms with E-state index in [1.54, 1.807) is 0 Å². The van der Waals surface area contributed by atoms with Gasteiger partial charge in [-0.2, -0.15) is 5.10 Å². The summed E-state index contributed by atoms with van der Waals surface area (Å²) in [6.07, 6.45) is 4.12. The van der Waals surface area contributed by atoms with E-state index in [-0.39, 0.29) is 11.4 Å². The zero-order valence-corrected chi connectivity index (χ0v) is 14.3. The molecule has 2 N–H and O–H groups in total. The van der Waals surface area contributed by atoms with Gasteiger partial charge in [-0.25, -0.2) is 0 Å². The van der Waals surface area contributed by atoms with E-state index in [1.807, 2.05) is 0 Å². The van der Waals surface area contributed by atoms with Crippen LogP contribution in [0, 0.1) is 10.1 Å². The lowest BCUT2D eigenvalue weighted by Crippen LogP contribution is -2.12. The SMILES string of the molecule is CCCCCc1nnc(NC(=O)c2n[nH]c3ccc([N+](=O)[O-])cc23)s1. The van der Waals surface area contributed by atoms with Gasteiger partial charge in [-0.05, 0) is 12.5 Å². The zero-order valence-electron chi connectivity index (χ0n) is 13.5. The molecule has 2 aromatic heterocycles. The molecule has 0 aliphatic heterocycles. The fourth-order valence-electron chi connectivity index (χ4n) is 2.38. The van der Waals surface area contributed by atoms with Crippen molar-refractivity contribution in [1.82, 2.24) is 20.4 Å². The maximum absolute atomic E-state index is 12.4. The summed E-state index contributed by atoms with van der Waals surface area (Å²) in [7, 11) is 0. The molecule has 0 aliphatic rings. The lowest BCUT2D eigenvalue weighted by molar-refractivity contribution is -0.384. The van der Waals surface area contributed by atoms with E-state index in [1.165, 1.54) is 29.5 Å². The number of aryl methyl sites for hydroxylation is 1. The van der Waals surface area contributed by atoms with Gasteiger partial charge in [0.05, 0.1) is 10.4 Å². The smallest absolute Gasteiger partial charge is 0.278 e. The number of benzene rings is 1. The Bertz CT molecular complexity index is 919. The summed E-state index contributed by atoms with van der Waals surface area (Å²) in [5.74, 6) is -0.483. The van der Waals surface area contributed by atoms with E-state index in [2.05, 4.69) is 32.6 Å². The van der Waals surface area contributed by atoms with E-state index >= 15 is 0 Å². The van der Waals surface area contributed by atoms with Crippen LogP contribution in [0.4, 0.5) is 10.8 Å². The Hall–Kier alpha value is -2.88. The van der Waals surface area contributed by atoms with Crippen molar-refractivity contribution >= 4 is 39.0 Å². The van der Waals surface area contributed by atoms with Crippen LogP contribution in [0.3, 0.4) is 0 Å². The van der Waals surface area contributed by atoms with E-state index in [0.717, 1.165) is 30.7 Å². The van der Waals surface area contributed by atoms with E-state index in [4.69, 9.17) is 0 Å². The molecule has 1 aromatic carbocycles. The minimum atomic E-state index is -0.512. The topological polar surface area (TPSA) is 127 Å². The van der Waals surface area contributed by atoms with E-state index in [0.29, 0.717) is 16.0 Å². The predicted octanol–water partition coefficient (Wildman–Crippen LogP) is 3.31. The molecular weight excluding hydrogens is 344 g/mol. The second-order valence-corrected chi connectivity index (χ2v) is 6.53. The highest BCUT2D eigenvalue weighted by molar-refractivity contribution is 7.15. The van der Waals surface area contributed by atoms with Gasteiger partial charge < -0.3 is 0 Å². The first-order valence-electron chi connectivity index (χ1n) is 7.84. The fourth-order valence-corrected chi connectivity index (χ4v) is 3.15. The van der Waals surface area contributed by atoms with Crippen LogP contribution >= 0.6 is 11.3 Å². The third-order valence-electron chi connectivity index (χ3n) is 3.65. The van der Waals surface area contributed by atoms with Gasteiger partial charge in [0.1, 0.15) is 5.01 Å². The quantitative estimate of drug-likeness (QED) is 0.378. The number of anilines is 1. The van der Waals surface area contributed by atoms with Crippen LogP contribution in [0.2, 0.25) is 0 Å². The molecule has 3 aromatic rings. The van der Waals surface area contributed by atoms with Crippen LogP contribution in [0.1, 0.15) is 41.7 Å². The Morgan fingerprint density at radius 3 is 2.96 bits per heavy atom.